The number of likely N-dealkylation sites (tertiary alicyclic amines) is 1. The van der Waals surface area contributed by atoms with Gasteiger partial charge in [-0.2, -0.15) is 0 Å². The van der Waals surface area contributed by atoms with E-state index < -0.39 is 0 Å². The number of carbonyl (C=O) groups is 2. The Labute approximate surface area is 146 Å². The normalized spacial score (nSPS) is 17.7. The summed E-state index contributed by atoms with van der Waals surface area (Å²) in [5.41, 5.74) is 1.87. The number of nitrogens with zero attached hydrogens (tertiary/aromatic N) is 1. The molecule has 1 atom stereocenters. The molecule has 1 aromatic carbocycles. The minimum atomic E-state index is -0.272. The van der Waals surface area contributed by atoms with Crippen LogP contribution in [0.4, 0.5) is 4.39 Å². The van der Waals surface area contributed by atoms with Crippen LogP contribution < -0.4 is 5.32 Å². The predicted octanol–water partition coefficient (Wildman–Crippen LogP) is 2.47. The van der Waals surface area contributed by atoms with Gasteiger partial charge in [-0.1, -0.05) is 13.8 Å². The summed E-state index contributed by atoms with van der Waals surface area (Å²) in [6.07, 6.45) is 2.76. The largest absolute Gasteiger partial charge is 0.361 e. The number of fused-ring (bicyclic) bond motifs is 1. The van der Waals surface area contributed by atoms with Crippen LogP contribution in [0.1, 0.15) is 25.8 Å². The van der Waals surface area contributed by atoms with E-state index in [1.54, 1.807) is 11.0 Å². The van der Waals surface area contributed by atoms with Crippen LogP contribution in [0.3, 0.4) is 0 Å². The van der Waals surface area contributed by atoms with Gasteiger partial charge in [-0.05, 0) is 36.1 Å². The molecule has 6 heteroatoms. The molecule has 1 fully saturated rings. The molecule has 1 unspecified atom stereocenters. The fourth-order valence-electron chi connectivity index (χ4n) is 3.23. The Kier molecular flexibility index (Phi) is 5.06. The van der Waals surface area contributed by atoms with Gasteiger partial charge in [0, 0.05) is 43.2 Å². The molecule has 1 saturated heterocycles. The van der Waals surface area contributed by atoms with E-state index in [4.69, 9.17) is 0 Å². The lowest BCUT2D eigenvalue weighted by Crippen LogP contribution is -2.35. The molecular formula is C19H24FN3O2. The third-order valence-electron chi connectivity index (χ3n) is 4.65. The van der Waals surface area contributed by atoms with E-state index in [0.717, 1.165) is 16.5 Å². The number of nitrogens with one attached hydrogen (secondary N) is 2. The zero-order valence-corrected chi connectivity index (χ0v) is 14.6. The second kappa shape index (κ2) is 7.25. The summed E-state index contributed by atoms with van der Waals surface area (Å²) in [5.74, 6) is -0.187. The summed E-state index contributed by atoms with van der Waals surface area (Å²) in [7, 11) is 0. The fraction of sp³-hybridized carbons (Fsp3) is 0.474. The Morgan fingerprint density at radius 2 is 2.24 bits per heavy atom. The van der Waals surface area contributed by atoms with Gasteiger partial charge < -0.3 is 15.2 Å². The summed E-state index contributed by atoms with van der Waals surface area (Å²) in [5, 5.41) is 3.75. The van der Waals surface area contributed by atoms with Gasteiger partial charge in [0.25, 0.3) is 0 Å². The van der Waals surface area contributed by atoms with E-state index in [0.29, 0.717) is 32.0 Å². The first-order chi connectivity index (χ1) is 11.9. The number of benzene rings is 1. The van der Waals surface area contributed by atoms with Gasteiger partial charge in [0.2, 0.25) is 11.8 Å². The molecule has 25 heavy (non-hydrogen) atoms. The molecule has 3 rings (SSSR count). The number of aromatic nitrogens is 1. The number of amides is 2. The Morgan fingerprint density at radius 3 is 3.00 bits per heavy atom. The van der Waals surface area contributed by atoms with Gasteiger partial charge >= 0.3 is 0 Å². The average Bonchev–Trinajstić information content (AvgIpc) is 3.14. The molecule has 0 spiro atoms. The van der Waals surface area contributed by atoms with E-state index in [2.05, 4.69) is 10.3 Å². The Morgan fingerprint density at radius 1 is 1.44 bits per heavy atom. The number of aromatic amines is 1. The van der Waals surface area contributed by atoms with Gasteiger partial charge in [0.15, 0.2) is 0 Å². The molecule has 0 bridgehead atoms. The first-order valence-corrected chi connectivity index (χ1v) is 8.75. The quantitative estimate of drug-likeness (QED) is 0.845. The van der Waals surface area contributed by atoms with Crippen molar-refractivity contribution < 1.29 is 14.0 Å². The van der Waals surface area contributed by atoms with Crippen LogP contribution in [-0.4, -0.2) is 41.3 Å². The van der Waals surface area contributed by atoms with Crippen molar-refractivity contribution in [1.29, 1.82) is 0 Å². The average molecular weight is 345 g/mol. The van der Waals surface area contributed by atoms with Crippen LogP contribution in [0.25, 0.3) is 10.9 Å². The summed E-state index contributed by atoms with van der Waals surface area (Å²) >= 11 is 0. The summed E-state index contributed by atoms with van der Waals surface area (Å²) < 4.78 is 13.4. The molecule has 0 saturated carbocycles. The minimum absolute atomic E-state index is 0.00992. The van der Waals surface area contributed by atoms with Crippen molar-refractivity contribution in [2.24, 2.45) is 11.8 Å². The van der Waals surface area contributed by atoms with Crippen LogP contribution >= 0.6 is 0 Å². The molecule has 2 aromatic rings. The highest BCUT2D eigenvalue weighted by Crippen LogP contribution is 2.22. The molecule has 134 valence electrons. The topological polar surface area (TPSA) is 65.2 Å². The number of carbonyl (C=O) groups excluding carboxylic acids is 2. The van der Waals surface area contributed by atoms with Gasteiger partial charge in [-0.15, -0.1) is 0 Å². The number of halogens is 1. The highest BCUT2D eigenvalue weighted by molar-refractivity contribution is 5.89. The summed E-state index contributed by atoms with van der Waals surface area (Å²) in [4.78, 5) is 29.2. The van der Waals surface area contributed by atoms with Crippen LogP contribution in [0.2, 0.25) is 0 Å². The molecule has 1 aromatic heterocycles. The van der Waals surface area contributed by atoms with E-state index in [-0.39, 0.29) is 30.0 Å². The van der Waals surface area contributed by atoms with Crippen molar-refractivity contribution in [3.63, 3.8) is 0 Å². The molecular weight excluding hydrogens is 321 g/mol. The van der Waals surface area contributed by atoms with Crippen molar-refractivity contribution in [3.05, 3.63) is 35.8 Å². The number of H-pyrrole nitrogens is 1. The van der Waals surface area contributed by atoms with Crippen LogP contribution in [0.15, 0.2) is 24.4 Å². The molecule has 0 aliphatic carbocycles. The van der Waals surface area contributed by atoms with Crippen LogP contribution in [-0.2, 0) is 16.0 Å². The Hall–Kier alpha value is -2.37. The predicted molar refractivity (Wildman–Crippen MR) is 94.5 cm³/mol. The number of hydrogen-bond donors (Lipinski definition) is 2. The smallest absolute Gasteiger partial charge is 0.225 e. The Bertz CT molecular complexity index is 784. The SMILES string of the molecule is CC(C)CNC(=O)C1CC(=O)N(CCc2c[nH]c3ccc(F)cc23)C1. The minimum Gasteiger partial charge on any atom is -0.361 e. The monoisotopic (exact) mass is 345 g/mol. The van der Waals surface area contributed by atoms with E-state index >= 15 is 0 Å². The lowest BCUT2D eigenvalue weighted by molar-refractivity contribution is -0.129. The van der Waals surface area contributed by atoms with Gasteiger partial charge in [0.1, 0.15) is 5.82 Å². The van der Waals surface area contributed by atoms with E-state index in [1.165, 1.54) is 12.1 Å². The molecule has 2 heterocycles. The fourth-order valence-corrected chi connectivity index (χ4v) is 3.23. The maximum Gasteiger partial charge on any atom is 0.225 e. The Balaban J connectivity index is 1.59. The highest BCUT2D eigenvalue weighted by Gasteiger charge is 2.33. The third kappa shape index (κ3) is 4.00. The van der Waals surface area contributed by atoms with Crippen molar-refractivity contribution in [2.75, 3.05) is 19.6 Å². The molecule has 0 radical (unpaired) electrons. The maximum absolute atomic E-state index is 13.4. The van der Waals surface area contributed by atoms with Gasteiger partial charge in [0.05, 0.1) is 5.92 Å². The van der Waals surface area contributed by atoms with Crippen LogP contribution in [0.5, 0.6) is 0 Å². The lowest BCUT2D eigenvalue weighted by atomic mass is 10.1. The molecule has 2 amide bonds. The van der Waals surface area contributed by atoms with E-state index in [1.807, 2.05) is 20.0 Å². The second-order valence-corrected chi connectivity index (χ2v) is 7.13. The van der Waals surface area contributed by atoms with Crippen molar-refractivity contribution >= 4 is 22.7 Å². The van der Waals surface area contributed by atoms with Crippen molar-refractivity contribution in [2.45, 2.75) is 26.7 Å². The third-order valence-corrected chi connectivity index (χ3v) is 4.65. The number of rotatable bonds is 6. The summed E-state index contributed by atoms with van der Waals surface area (Å²) in [6.45, 7) is 5.70. The standard InChI is InChI=1S/C19H24FN3O2/c1-12(2)9-22-19(25)14-7-18(24)23(11-14)6-5-13-10-21-17-4-3-15(20)8-16(13)17/h3-4,8,10,12,14,21H,5-7,9,11H2,1-2H3,(H,22,25). The molecule has 2 N–H and O–H groups in total. The zero-order chi connectivity index (χ0) is 18.0. The molecule has 1 aliphatic rings. The van der Waals surface area contributed by atoms with E-state index in [9.17, 15) is 14.0 Å². The first kappa shape index (κ1) is 17.5. The van der Waals surface area contributed by atoms with Crippen molar-refractivity contribution in [3.8, 4) is 0 Å². The van der Waals surface area contributed by atoms with Gasteiger partial charge in [-0.25, -0.2) is 4.39 Å². The zero-order valence-electron chi connectivity index (χ0n) is 14.6. The number of hydrogen-bond acceptors (Lipinski definition) is 2. The van der Waals surface area contributed by atoms with Crippen molar-refractivity contribution in [1.82, 2.24) is 15.2 Å². The second-order valence-electron chi connectivity index (χ2n) is 7.13. The lowest BCUT2D eigenvalue weighted by Gasteiger charge is -2.16. The van der Waals surface area contributed by atoms with Gasteiger partial charge in [-0.3, -0.25) is 9.59 Å². The summed E-state index contributed by atoms with van der Waals surface area (Å²) in [6, 6.07) is 4.65. The molecule has 1 aliphatic heterocycles. The van der Waals surface area contributed by atoms with Crippen LogP contribution in [0, 0.1) is 17.7 Å². The first-order valence-electron chi connectivity index (χ1n) is 8.75. The highest BCUT2D eigenvalue weighted by atomic mass is 19.1. The molecule has 5 nitrogen and oxygen atoms in total. The maximum atomic E-state index is 13.4.